The van der Waals surface area contributed by atoms with Gasteiger partial charge in [0.2, 0.25) is 0 Å². The monoisotopic (exact) mass is 373 g/mol. The number of thioether (sulfide) groups is 1. The number of carboxylic acids is 1. The van der Waals surface area contributed by atoms with Gasteiger partial charge in [-0.2, -0.15) is 0 Å². The molecule has 0 amide bonds. The summed E-state index contributed by atoms with van der Waals surface area (Å²) in [6.07, 6.45) is 0. The van der Waals surface area contributed by atoms with Crippen LogP contribution in [-0.2, 0) is 12.3 Å². The van der Waals surface area contributed by atoms with Crippen molar-refractivity contribution in [3.05, 3.63) is 64.7 Å². The average Bonchev–Trinajstić information content (AvgIpc) is 3.03. The van der Waals surface area contributed by atoms with Crippen LogP contribution in [0.25, 0.3) is 11.4 Å². The minimum Gasteiger partial charge on any atom is -0.478 e. The summed E-state index contributed by atoms with van der Waals surface area (Å²) in [5.41, 5.74) is 2.25. The van der Waals surface area contributed by atoms with E-state index in [1.54, 1.807) is 23.9 Å². The number of benzene rings is 2. The Balaban J connectivity index is 1.78. The van der Waals surface area contributed by atoms with Crippen LogP contribution in [0.5, 0.6) is 0 Å². The molecule has 0 radical (unpaired) electrons. The molecular formula is C18H16ClN3O2S. The van der Waals surface area contributed by atoms with Crippen molar-refractivity contribution in [1.29, 1.82) is 0 Å². The standard InChI is InChI=1S/C18H16ClN3O2S/c1-2-22-16(14-4-3-5-15(19)10-14)20-21-18(22)25-11-12-6-8-13(9-7-12)17(23)24/h3-10H,2,11H2,1H3,(H,23,24). The highest BCUT2D eigenvalue weighted by molar-refractivity contribution is 7.98. The first kappa shape index (κ1) is 17.5. The predicted molar refractivity (Wildman–Crippen MR) is 99.1 cm³/mol. The molecule has 1 N–H and O–H groups in total. The van der Waals surface area contributed by atoms with E-state index < -0.39 is 5.97 Å². The molecule has 2 aromatic carbocycles. The Labute approximate surface area is 154 Å². The number of hydrogen-bond acceptors (Lipinski definition) is 4. The molecule has 25 heavy (non-hydrogen) atoms. The van der Waals surface area contributed by atoms with Gasteiger partial charge in [0, 0.05) is 22.9 Å². The van der Waals surface area contributed by atoms with Crippen LogP contribution >= 0.6 is 23.4 Å². The molecule has 3 rings (SSSR count). The van der Waals surface area contributed by atoms with E-state index in [9.17, 15) is 4.79 Å². The molecule has 0 unspecified atom stereocenters. The molecule has 3 aromatic rings. The van der Waals surface area contributed by atoms with Crippen molar-refractivity contribution in [3.8, 4) is 11.4 Å². The maximum Gasteiger partial charge on any atom is 0.335 e. The van der Waals surface area contributed by atoms with E-state index in [2.05, 4.69) is 10.2 Å². The molecule has 0 aliphatic heterocycles. The van der Waals surface area contributed by atoms with Gasteiger partial charge in [-0.3, -0.25) is 0 Å². The molecule has 0 atom stereocenters. The van der Waals surface area contributed by atoms with Gasteiger partial charge in [-0.15, -0.1) is 10.2 Å². The Hall–Kier alpha value is -2.31. The highest BCUT2D eigenvalue weighted by Gasteiger charge is 2.13. The summed E-state index contributed by atoms with van der Waals surface area (Å²) in [4.78, 5) is 10.9. The molecule has 1 heterocycles. The Morgan fingerprint density at radius 3 is 2.60 bits per heavy atom. The number of aromatic nitrogens is 3. The van der Waals surface area contributed by atoms with Gasteiger partial charge in [0.1, 0.15) is 0 Å². The van der Waals surface area contributed by atoms with Crippen molar-refractivity contribution in [3.63, 3.8) is 0 Å². The lowest BCUT2D eigenvalue weighted by Crippen LogP contribution is -2.00. The maximum absolute atomic E-state index is 10.9. The van der Waals surface area contributed by atoms with Crippen LogP contribution in [0.2, 0.25) is 5.02 Å². The molecule has 0 saturated carbocycles. The van der Waals surface area contributed by atoms with E-state index in [0.29, 0.717) is 10.8 Å². The Morgan fingerprint density at radius 2 is 1.96 bits per heavy atom. The van der Waals surface area contributed by atoms with Gasteiger partial charge in [-0.05, 0) is 36.8 Å². The van der Waals surface area contributed by atoms with E-state index in [0.717, 1.165) is 28.7 Å². The van der Waals surface area contributed by atoms with E-state index in [-0.39, 0.29) is 5.56 Å². The van der Waals surface area contributed by atoms with Gasteiger partial charge in [-0.1, -0.05) is 47.6 Å². The zero-order valence-electron chi connectivity index (χ0n) is 13.5. The van der Waals surface area contributed by atoms with Gasteiger partial charge in [0.25, 0.3) is 0 Å². The second-order valence-electron chi connectivity index (χ2n) is 5.35. The van der Waals surface area contributed by atoms with Gasteiger partial charge < -0.3 is 9.67 Å². The van der Waals surface area contributed by atoms with Crippen LogP contribution in [0.15, 0.2) is 53.7 Å². The van der Waals surface area contributed by atoms with Crippen LogP contribution < -0.4 is 0 Å². The molecule has 1 aromatic heterocycles. The predicted octanol–water partition coefficient (Wildman–Crippen LogP) is 4.61. The van der Waals surface area contributed by atoms with Crippen LogP contribution in [0.3, 0.4) is 0 Å². The van der Waals surface area contributed by atoms with E-state index in [1.807, 2.05) is 47.9 Å². The van der Waals surface area contributed by atoms with Gasteiger partial charge in [0.05, 0.1) is 5.56 Å². The van der Waals surface area contributed by atoms with Crippen molar-refractivity contribution in [2.75, 3.05) is 0 Å². The number of aromatic carboxylic acids is 1. The molecule has 0 spiro atoms. The number of carboxylic acid groups (broad SMARTS) is 1. The second kappa shape index (κ2) is 7.72. The lowest BCUT2D eigenvalue weighted by molar-refractivity contribution is 0.0697. The molecular weight excluding hydrogens is 358 g/mol. The molecule has 0 aliphatic carbocycles. The smallest absolute Gasteiger partial charge is 0.335 e. The molecule has 5 nitrogen and oxygen atoms in total. The highest BCUT2D eigenvalue weighted by atomic mass is 35.5. The zero-order chi connectivity index (χ0) is 17.8. The molecule has 0 saturated heterocycles. The first-order valence-electron chi connectivity index (χ1n) is 7.72. The Bertz CT molecular complexity index is 894. The third-order valence-corrected chi connectivity index (χ3v) is 4.96. The van der Waals surface area contributed by atoms with Crippen molar-refractivity contribution in [1.82, 2.24) is 14.8 Å². The summed E-state index contributed by atoms with van der Waals surface area (Å²) in [7, 11) is 0. The number of rotatable bonds is 6. The second-order valence-corrected chi connectivity index (χ2v) is 6.73. The quantitative estimate of drug-likeness (QED) is 0.639. The van der Waals surface area contributed by atoms with Crippen LogP contribution in [0.4, 0.5) is 0 Å². The van der Waals surface area contributed by atoms with Crippen LogP contribution in [0.1, 0.15) is 22.8 Å². The lowest BCUT2D eigenvalue weighted by atomic mass is 10.1. The van der Waals surface area contributed by atoms with Crippen molar-refractivity contribution in [2.45, 2.75) is 24.4 Å². The fourth-order valence-corrected chi connectivity index (χ4v) is 3.56. The van der Waals surface area contributed by atoms with E-state index in [4.69, 9.17) is 16.7 Å². The number of carbonyl (C=O) groups is 1. The average molecular weight is 374 g/mol. The lowest BCUT2D eigenvalue weighted by Gasteiger charge is -2.08. The van der Waals surface area contributed by atoms with Crippen LogP contribution in [0, 0.1) is 0 Å². The van der Waals surface area contributed by atoms with Gasteiger partial charge in [0.15, 0.2) is 11.0 Å². The molecule has 0 aliphatic rings. The Kier molecular flexibility index (Phi) is 5.40. The fourth-order valence-electron chi connectivity index (χ4n) is 2.41. The molecule has 7 heteroatoms. The summed E-state index contributed by atoms with van der Waals surface area (Å²) < 4.78 is 2.04. The van der Waals surface area contributed by atoms with Gasteiger partial charge in [-0.25, -0.2) is 4.79 Å². The number of nitrogens with zero attached hydrogens (tertiary/aromatic N) is 3. The minimum atomic E-state index is -0.920. The summed E-state index contributed by atoms with van der Waals surface area (Å²) >= 11 is 7.64. The first-order chi connectivity index (χ1) is 12.1. The molecule has 0 fully saturated rings. The van der Waals surface area contributed by atoms with Crippen molar-refractivity contribution >= 4 is 29.3 Å². The molecule has 0 bridgehead atoms. The van der Waals surface area contributed by atoms with E-state index >= 15 is 0 Å². The topological polar surface area (TPSA) is 68.0 Å². The SMILES string of the molecule is CCn1c(SCc2ccc(C(=O)O)cc2)nnc1-c1cccc(Cl)c1. The van der Waals surface area contributed by atoms with Crippen molar-refractivity contribution in [2.24, 2.45) is 0 Å². The molecule has 128 valence electrons. The summed E-state index contributed by atoms with van der Waals surface area (Å²) in [5, 5.41) is 19.0. The fraction of sp³-hybridized carbons (Fsp3) is 0.167. The Morgan fingerprint density at radius 1 is 1.20 bits per heavy atom. The first-order valence-corrected chi connectivity index (χ1v) is 9.09. The van der Waals surface area contributed by atoms with Crippen LogP contribution in [-0.4, -0.2) is 25.8 Å². The normalized spacial score (nSPS) is 10.8. The minimum absolute atomic E-state index is 0.286. The largest absolute Gasteiger partial charge is 0.478 e. The number of hydrogen-bond donors (Lipinski definition) is 1. The summed E-state index contributed by atoms with van der Waals surface area (Å²) in [6.45, 7) is 2.79. The van der Waals surface area contributed by atoms with E-state index in [1.165, 1.54) is 0 Å². The highest BCUT2D eigenvalue weighted by Crippen LogP contribution is 2.27. The zero-order valence-corrected chi connectivity index (χ0v) is 15.1. The van der Waals surface area contributed by atoms with Gasteiger partial charge >= 0.3 is 5.97 Å². The summed E-state index contributed by atoms with van der Waals surface area (Å²) in [5.74, 6) is 0.554. The number of halogens is 1. The van der Waals surface area contributed by atoms with Crippen molar-refractivity contribution < 1.29 is 9.90 Å². The maximum atomic E-state index is 10.9. The third kappa shape index (κ3) is 4.03. The summed E-state index contributed by atoms with van der Waals surface area (Å²) in [6, 6.07) is 14.4. The third-order valence-electron chi connectivity index (χ3n) is 3.68.